The summed E-state index contributed by atoms with van der Waals surface area (Å²) in [4.78, 5) is 11.8. The lowest BCUT2D eigenvalue weighted by Crippen LogP contribution is -2.35. The van der Waals surface area contributed by atoms with Crippen LogP contribution < -0.4 is 15.4 Å². The molecule has 2 rings (SSSR count). The number of anilines is 1. The molecule has 1 unspecified atom stereocenters. The van der Waals surface area contributed by atoms with Crippen molar-refractivity contribution in [1.29, 1.82) is 0 Å². The molecule has 0 fully saturated rings. The second kappa shape index (κ2) is 5.46. The summed E-state index contributed by atoms with van der Waals surface area (Å²) < 4.78 is 24.1. The molecule has 0 aliphatic carbocycles. The molecule has 0 radical (unpaired) electrons. The number of fused-ring (bicyclic) bond motifs is 1. The van der Waals surface area contributed by atoms with Gasteiger partial charge in [-0.3, -0.25) is 4.79 Å². The van der Waals surface area contributed by atoms with E-state index in [-0.39, 0.29) is 12.5 Å². The number of hydrogen-bond acceptors (Lipinski definition) is 4. The molecule has 104 valence electrons. The topological polar surface area (TPSA) is 87.3 Å². The Hall–Kier alpha value is -1.15. The lowest BCUT2D eigenvalue weighted by Gasteiger charge is -2.11. The van der Waals surface area contributed by atoms with Crippen LogP contribution in [0.2, 0.25) is 5.02 Å². The average Bonchev–Trinajstić information content (AvgIpc) is 2.59. The Labute approximate surface area is 116 Å². The van der Waals surface area contributed by atoms with E-state index in [1.54, 1.807) is 18.2 Å². The second-order valence-electron chi connectivity index (χ2n) is 4.27. The van der Waals surface area contributed by atoms with Gasteiger partial charge in [0.15, 0.2) is 0 Å². The SMILES string of the molecule is CS(=O)(=O)NCCNC1C(=O)Nc2ccc(Cl)cc21. The third-order valence-corrected chi connectivity index (χ3v) is 3.65. The average molecular weight is 304 g/mol. The Morgan fingerprint density at radius 1 is 1.37 bits per heavy atom. The Kier molecular flexibility index (Phi) is 4.10. The van der Waals surface area contributed by atoms with E-state index in [2.05, 4.69) is 15.4 Å². The molecule has 1 aromatic carbocycles. The van der Waals surface area contributed by atoms with E-state index < -0.39 is 16.1 Å². The van der Waals surface area contributed by atoms with E-state index in [1.807, 2.05) is 0 Å². The molecular formula is C11H14ClN3O3S. The molecule has 1 heterocycles. The maximum Gasteiger partial charge on any atom is 0.246 e. The van der Waals surface area contributed by atoms with Gasteiger partial charge < -0.3 is 10.6 Å². The fourth-order valence-corrected chi connectivity index (χ4v) is 2.54. The van der Waals surface area contributed by atoms with Crippen LogP contribution in [0.25, 0.3) is 0 Å². The molecule has 0 saturated carbocycles. The van der Waals surface area contributed by atoms with Crippen molar-refractivity contribution in [3.8, 4) is 0 Å². The Morgan fingerprint density at radius 3 is 2.79 bits per heavy atom. The summed E-state index contributed by atoms with van der Waals surface area (Å²) >= 11 is 5.90. The quantitative estimate of drug-likeness (QED) is 0.690. The van der Waals surface area contributed by atoms with Crippen molar-refractivity contribution < 1.29 is 13.2 Å². The predicted molar refractivity (Wildman–Crippen MR) is 73.7 cm³/mol. The normalized spacial score (nSPS) is 18.2. The van der Waals surface area contributed by atoms with Crippen LogP contribution >= 0.6 is 11.6 Å². The molecule has 1 aliphatic rings. The minimum atomic E-state index is -3.21. The van der Waals surface area contributed by atoms with Crippen molar-refractivity contribution in [1.82, 2.24) is 10.0 Å². The van der Waals surface area contributed by atoms with Crippen LogP contribution in [-0.2, 0) is 14.8 Å². The molecule has 1 aliphatic heterocycles. The summed E-state index contributed by atoms with van der Waals surface area (Å²) in [6.07, 6.45) is 1.09. The molecule has 1 atom stereocenters. The minimum absolute atomic E-state index is 0.170. The van der Waals surface area contributed by atoms with E-state index in [0.29, 0.717) is 11.6 Å². The second-order valence-corrected chi connectivity index (χ2v) is 6.54. The van der Waals surface area contributed by atoms with E-state index in [4.69, 9.17) is 11.6 Å². The molecular weight excluding hydrogens is 290 g/mol. The summed E-state index contributed by atoms with van der Waals surface area (Å²) in [5.74, 6) is -0.170. The van der Waals surface area contributed by atoms with Crippen LogP contribution in [0.15, 0.2) is 18.2 Å². The number of carbonyl (C=O) groups excluding carboxylic acids is 1. The van der Waals surface area contributed by atoms with Gasteiger partial charge in [0.25, 0.3) is 0 Å². The van der Waals surface area contributed by atoms with Gasteiger partial charge >= 0.3 is 0 Å². The van der Waals surface area contributed by atoms with E-state index in [9.17, 15) is 13.2 Å². The summed E-state index contributed by atoms with van der Waals surface area (Å²) in [5.41, 5.74) is 1.50. The van der Waals surface area contributed by atoms with Gasteiger partial charge in [-0.2, -0.15) is 0 Å². The van der Waals surface area contributed by atoms with Gasteiger partial charge in [-0.25, -0.2) is 13.1 Å². The number of hydrogen-bond donors (Lipinski definition) is 3. The molecule has 0 aromatic heterocycles. The van der Waals surface area contributed by atoms with Crippen molar-refractivity contribution in [3.05, 3.63) is 28.8 Å². The summed E-state index contributed by atoms with van der Waals surface area (Å²) in [7, 11) is -3.21. The molecule has 1 amide bonds. The number of amides is 1. The molecule has 0 saturated heterocycles. The van der Waals surface area contributed by atoms with Crippen molar-refractivity contribution in [2.24, 2.45) is 0 Å². The molecule has 8 heteroatoms. The third-order valence-electron chi connectivity index (χ3n) is 2.68. The number of nitrogens with one attached hydrogen (secondary N) is 3. The summed E-state index contributed by atoms with van der Waals surface area (Å²) in [6.45, 7) is 0.565. The van der Waals surface area contributed by atoms with Crippen molar-refractivity contribution in [2.75, 3.05) is 24.7 Å². The van der Waals surface area contributed by atoms with E-state index in [0.717, 1.165) is 17.5 Å². The van der Waals surface area contributed by atoms with Crippen molar-refractivity contribution in [3.63, 3.8) is 0 Å². The predicted octanol–water partition coefficient (Wildman–Crippen LogP) is 0.472. The largest absolute Gasteiger partial charge is 0.324 e. The fourth-order valence-electron chi connectivity index (χ4n) is 1.89. The Bertz CT molecular complexity index is 603. The van der Waals surface area contributed by atoms with Crippen LogP contribution in [0.3, 0.4) is 0 Å². The Morgan fingerprint density at radius 2 is 2.11 bits per heavy atom. The molecule has 6 nitrogen and oxygen atoms in total. The lowest BCUT2D eigenvalue weighted by molar-refractivity contribution is -0.117. The molecule has 19 heavy (non-hydrogen) atoms. The van der Waals surface area contributed by atoms with Gasteiger partial charge in [0.1, 0.15) is 6.04 Å². The van der Waals surface area contributed by atoms with Gasteiger partial charge in [-0.05, 0) is 18.2 Å². The lowest BCUT2D eigenvalue weighted by atomic mass is 10.1. The summed E-state index contributed by atoms with van der Waals surface area (Å²) in [6, 6.07) is 4.66. The zero-order valence-corrected chi connectivity index (χ0v) is 11.8. The highest BCUT2D eigenvalue weighted by atomic mass is 35.5. The molecule has 1 aromatic rings. The first-order chi connectivity index (χ1) is 8.87. The Balaban J connectivity index is 1.98. The van der Waals surface area contributed by atoms with E-state index in [1.165, 1.54) is 0 Å². The van der Waals surface area contributed by atoms with E-state index >= 15 is 0 Å². The third kappa shape index (κ3) is 3.66. The van der Waals surface area contributed by atoms with Gasteiger partial charge in [0.05, 0.1) is 6.26 Å². The summed E-state index contributed by atoms with van der Waals surface area (Å²) in [5, 5.41) is 6.27. The first-order valence-corrected chi connectivity index (χ1v) is 7.92. The van der Waals surface area contributed by atoms with Crippen molar-refractivity contribution >= 4 is 33.2 Å². The highest BCUT2D eigenvalue weighted by Crippen LogP contribution is 2.32. The molecule has 0 bridgehead atoms. The maximum absolute atomic E-state index is 11.8. The fraction of sp³-hybridized carbons (Fsp3) is 0.364. The highest BCUT2D eigenvalue weighted by Gasteiger charge is 2.29. The minimum Gasteiger partial charge on any atom is -0.324 e. The molecule has 3 N–H and O–H groups in total. The van der Waals surface area contributed by atoms with Crippen molar-refractivity contribution in [2.45, 2.75) is 6.04 Å². The first-order valence-electron chi connectivity index (χ1n) is 5.65. The van der Waals surface area contributed by atoms with Crippen LogP contribution in [0.4, 0.5) is 5.69 Å². The van der Waals surface area contributed by atoms with Gasteiger partial charge in [0.2, 0.25) is 15.9 Å². The highest BCUT2D eigenvalue weighted by molar-refractivity contribution is 7.88. The number of rotatable bonds is 5. The van der Waals surface area contributed by atoms with Crippen LogP contribution in [-0.4, -0.2) is 33.7 Å². The van der Waals surface area contributed by atoms with Crippen LogP contribution in [0, 0.1) is 0 Å². The maximum atomic E-state index is 11.8. The monoisotopic (exact) mass is 303 g/mol. The molecule has 0 spiro atoms. The van der Waals surface area contributed by atoms with Gasteiger partial charge in [0, 0.05) is 29.4 Å². The smallest absolute Gasteiger partial charge is 0.246 e. The van der Waals surface area contributed by atoms with Gasteiger partial charge in [-0.15, -0.1) is 0 Å². The number of benzene rings is 1. The van der Waals surface area contributed by atoms with Crippen LogP contribution in [0.1, 0.15) is 11.6 Å². The number of sulfonamides is 1. The number of halogens is 1. The van der Waals surface area contributed by atoms with Gasteiger partial charge in [-0.1, -0.05) is 11.6 Å². The zero-order chi connectivity index (χ0) is 14.0. The zero-order valence-electron chi connectivity index (χ0n) is 10.2. The first kappa shape index (κ1) is 14.3. The number of carbonyl (C=O) groups is 1. The standard InChI is InChI=1S/C11H14ClN3O3S/c1-19(17,18)14-5-4-13-10-8-6-7(12)2-3-9(8)15-11(10)16/h2-3,6,10,13-14H,4-5H2,1H3,(H,15,16). The van der Waals surface area contributed by atoms with Crippen LogP contribution in [0.5, 0.6) is 0 Å².